The number of carbonyl (C=O) groups is 1. The molecule has 28 heavy (non-hydrogen) atoms. The molecule has 0 bridgehead atoms. The van der Waals surface area contributed by atoms with Crippen LogP contribution in [0.25, 0.3) is 0 Å². The van der Waals surface area contributed by atoms with Crippen LogP contribution in [0, 0.1) is 0 Å². The standard InChI is InChI=1S/C20H25ClN2O4S/c1-2-27-14-6-13-22-20(24)19(15-16-7-4-3-5-8-16)23-28(25,26)18-11-9-17(21)10-12-18/h3-5,7-12,19,23H,2,6,13-15H2,1H3,(H,22,24)/t19-/m1/s1. The van der Waals surface area contributed by atoms with Crippen molar-refractivity contribution in [2.75, 3.05) is 19.8 Å². The van der Waals surface area contributed by atoms with E-state index in [1.807, 2.05) is 37.3 Å². The largest absolute Gasteiger partial charge is 0.382 e. The molecule has 0 heterocycles. The summed E-state index contributed by atoms with van der Waals surface area (Å²) < 4.78 is 33.2. The van der Waals surface area contributed by atoms with Gasteiger partial charge in [-0.25, -0.2) is 8.42 Å². The van der Waals surface area contributed by atoms with Crippen molar-refractivity contribution in [2.45, 2.75) is 30.7 Å². The normalized spacial score (nSPS) is 12.5. The lowest BCUT2D eigenvalue weighted by Crippen LogP contribution is -2.48. The van der Waals surface area contributed by atoms with Crippen LogP contribution in [0.2, 0.25) is 5.02 Å². The van der Waals surface area contributed by atoms with Crippen LogP contribution in [-0.4, -0.2) is 40.1 Å². The molecule has 0 aliphatic heterocycles. The Morgan fingerprint density at radius 3 is 2.43 bits per heavy atom. The second-order valence-electron chi connectivity index (χ2n) is 6.16. The fraction of sp³-hybridized carbons (Fsp3) is 0.350. The van der Waals surface area contributed by atoms with E-state index in [1.54, 1.807) is 0 Å². The van der Waals surface area contributed by atoms with Crippen LogP contribution in [0.4, 0.5) is 0 Å². The molecule has 2 N–H and O–H groups in total. The van der Waals surface area contributed by atoms with Crippen LogP contribution in [0.15, 0.2) is 59.5 Å². The molecule has 1 atom stereocenters. The van der Waals surface area contributed by atoms with Gasteiger partial charge in [0, 0.05) is 24.8 Å². The number of amides is 1. The second kappa shape index (κ2) is 11.2. The fourth-order valence-corrected chi connectivity index (χ4v) is 3.88. The Morgan fingerprint density at radius 2 is 1.79 bits per heavy atom. The number of hydrogen-bond acceptors (Lipinski definition) is 4. The molecule has 0 aliphatic carbocycles. The predicted octanol–water partition coefficient (Wildman–Crippen LogP) is 2.77. The third-order valence-corrected chi connectivity index (χ3v) is 5.73. The zero-order valence-corrected chi connectivity index (χ0v) is 17.3. The fourth-order valence-electron chi connectivity index (χ4n) is 2.56. The number of hydrogen-bond donors (Lipinski definition) is 2. The van der Waals surface area contributed by atoms with Gasteiger partial charge < -0.3 is 10.1 Å². The number of rotatable bonds is 11. The summed E-state index contributed by atoms with van der Waals surface area (Å²) >= 11 is 5.83. The monoisotopic (exact) mass is 424 g/mol. The molecule has 2 aromatic rings. The maximum Gasteiger partial charge on any atom is 0.241 e. The Balaban J connectivity index is 2.10. The molecule has 6 nitrogen and oxygen atoms in total. The van der Waals surface area contributed by atoms with Crippen LogP contribution in [0.5, 0.6) is 0 Å². The first-order valence-electron chi connectivity index (χ1n) is 9.09. The SMILES string of the molecule is CCOCCCNC(=O)[C@@H](Cc1ccccc1)NS(=O)(=O)c1ccc(Cl)cc1. The molecule has 0 spiro atoms. The van der Waals surface area contributed by atoms with Gasteiger partial charge in [0.15, 0.2) is 0 Å². The minimum absolute atomic E-state index is 0.0547. The summed E-state index contributed by atoms with van der Waals surface area (Å²) in [5.41, 5.74) is 0.857. The van der Waals surface area contributed by atoms with Crippen LogP contribution in [0.1, 0.15) is 18.9 Å². The molecule has 0 unspecified atom stereocenters. The van der Waals surface area contributed by atoms with Crippen molar-refractivity contribution >= 4 is 27.5 Å². The molecule has 152 valence electrons. The Labute approximate surface area is 171 Å². The molecule has 0 saturated carbocycles. The Bertz CT molecular complexity index is 842. The number of benzene rings is 2. The third kappa shape index (κ3) is 7.24. The third-order valence-electron chi connectivity index (χ3n) is 3.99. The lowest BCUT2D eigenvalue weighted by molar-refractivity contribution is -0.122. The average Bonchev–Trinajstić information content (AvgIpc) is 2.68. The van der Waals surface area contributed by atoms with E-state index in [4.69, 9.17) is 16.3 Å². The Kier molecular flexibility index (Phi) is 8.92. The molecule has 2 rings (SSSR count). The first kappa shape index (κ1) is 22.4. The number of sulfonamides is 1. The zero-order valence-electron chi connectivity index (χ0n) is 15.7. The van der Waals surface area contributed by atoms with Gasteiger partial charge in [0.25, 0.3) is 0 Å². The summed E-state index contributed by atoms with van der Waals surface area (Å²) in [4.78, 5) is 12.7. The maximum absolute atomic E-state index is 12.7. The van der Waals surface area contributed by atoms with E-state index < -0.39 is 16.1 Å². The molecular weight excluding hydrogens is 400 g/mol. The maximum atomic E-state index is 12.7. The van der Waals surface area contributed by atoms with E-state index in [2.05, 4.69) is 10.0 Å². The van der Waals surface area contributed by atoms with Crippen molar-refractivity contribution in [2.24, 2.45) is 0 Å². The highest BCUT2D eigenvalue weighted by Gasteiger charge is 2.25. The zero-order chi connectivity index (χ0) is 20.4. The van der Waals surface area contributed by atoms with Gasteiger partial charge in [-0.2, -0.15) is 4.72 Å². The van der Waals surface area contributed by atoms with Crippen molar-refractivity contribution in [3.63, 3.8) is 0 Å². The van der Waals surface area contributed by atoms with Crippen molar-refractivity contribution < 1.29 is 17.9 Å². The summed E-state index contributed by atoms with van der Waals surface area (Å²) in [7, 11) is -3.87. The molecule has 0 fully saturated rings. The van der Waals surface area contributed by atoms with Crippen LogP contribution in [-0.2, 0) is 26.0 Å². The van der Waals surface area contributed by atoms with Gasteiger partial charge in [-0.15, -0.1) is 0 Å². The van der Waals surface area contributed by atoms with Crippen LogP contribution < -0.4 is 10.0 Å². The highest BCUT2D eigenvalue weighted by Crippen LogP contribution is 2.15. The second-order valence-corrected chi connectivity index (χ2v) is 8.31. The number of carbonyl (C=O) groups excluding carboxylic acids is 1. The predicted molar refractivity (Wildman–Crippen MR) is 110 cm³/mol. The highest BCUT2D eigenvalue weighted by molar-refractivity contribution is 7.89. The average molecular weight is 425 g/mol. The lowest BCUT2D eigenvalue weighted by atomic mass is 10.1. The minimum atomic E-state index is -3.87. The van der Waals surface area contributed by atoms with E-state index in [0.29, 0.717) is 31.2 Å². The minimum Gasteiger partial charge on any atom is -0.382 e. The van der Waals surface area contributed by atoms with E-state index in [0.717, 1.165) is 5.56 Å². The molecule has 2 aromatic carbocycles. The molecule has 0 aromatic heterocycles. The molecule has 0 aliphatic rings. The van der Waals surface area contributed by atoms with E-state index in [-0.39, 0.29) is 17.2 Å². The first-order chi connectivity index (χ1) is 13.4. The summed E-state index contributed by atoms with van der Waals surface area (Å²) in [5, 5.41) is 3.21. The van der Waals surface area contributed by atoms with Gasteiger partial charge in [0.05, 0.1) is 4.90 Å². The van der Waals surface area contributed by atoms with Crippen LogP contribution >= 0.6 is 11.6 Å². The van der Waals surface area contributed by atoms with Crippen molar-refractivity contribution in [1.29, 1.82) is 0 Å². The Morgan fingerprint density at radius 1 is 1.11 bits per heavy atom. The summed E-state index contributed by atoms with van der Waals surface area (Å²) in [6.45, 7) is 3.47. The van der Waals surface area contributed by atoms with E-state index in [1.165, 1.54) is 24.3 Å². The van der Waals surface area contributed by atoms with Crippen molar-refractivity contribution in [1.82, 2.24) is 10.0 Å². The van der Waals surface area contributed by atoms with Gasteiger partial charge in [-0.05, 0) is 49.6 Å². The first-order valence-corrected chi connectivity index (χ1v) is 11.0. The van der Waals surface area contributed by atoms with Crippen molar-refractivity contribution in [3.05, 3.63) is 65.2 Å². The molecule has 0 radical (unpaired) electrons. The van der Waals surface area contributed by atoms with Gasteiger partial charge in [0.1, 0.15) is 6.04 Å². The molecular formula is C20H25ClN2O4S. The molecule has 1 amide bonds. The summed E-state index contributed by atoms with van der Waals surface area (Å²) in [6.07, 6.45) is 0.895. The van der Waals surface area contributed by atoms with Crippen LogP contribution in [0.3, 0.4) is 0 Å². The topological polar surface area (TPSA) is 84.5 Å². The smallest absolute Gasteiger partial charge is 0.241 e. The van der Waals surface area contributed by atoms with Gasteiger partial charge >= 0.3 is 0 Å². The number of ether oxygens (including phenoxy) is 1. The van der Waals surface area contributed by atoms with E-state index in [9.17, 15) is 13.2 Å². The van der Waals surface area contributed by atoms with E-state index >= 15 is 0 Å². The molecule has 0 saturated heterocycles. The Hall–Kier alpha value is -1.93. The summed E-state index contributed by atoms with van der Waals surface area (Å²) in [5.74, 6) is -0.377. The number of nitrogens with one attached hydrogen (secondary N) is 2. The van der Waals surface area contributed by atoms with Gasteiger partial charge in [-0.3, -0.25) is 4.79 Å². The highest BCUT2D eigenvalue weighted by atomic mass is 35.5. The van der Waals surface area contributed by atoms with Crippen molar-refractivity contribution in [3.8, 4) is 0 Å². The number of halogens is 1. The van der Waals surface area contributed by atoms with Gasteiger partial charge in [0.2, 0.25) is 15.9 Å². The van der Waals surface area contributed by atoms with Gasteiger partial charge in [-0.1, -0.05) is 41.9 Å². The molecule has 8 heteroatoms. The lowest BCUT2D eigenvalue weighted by Gasteiger charge is -2.19. The quantitative estimate of drug-likeness (QED) is 0.543. The summed E-state index contributed by atoms with van der Waals surface area (Å²) in [6, 6.07) is 14.1.